The van der Waals surface area contributed by atoms with Crippen LogP contribution in [0.15, 0.2) is 18.6 Å². The van der Waals surface area contributed by atoms with Crippen molar-refractivity contribution in [2.75, 3.05) is 6.54 Å². The fraction of sp³-hybridized carbons (Fsp3) is 0.500. The molecule has 1 spiro atoms. The minimum atomic E-state index is 0.450. The molecule has 1 aliphatic heterocycles. The zero-order valence-electron chi connectivity index (χ0n) is 18.2. The van der Waals surface area contributed by atoms with Gasteiger partial charge in [-0.2, -0.15) is 5.10 Å². The molecule has 4 aromatic rings. The second kappa shape index (κ2) is 6.41. The molecule has 30 heavy (non-hydrogen) atoms. The van der Waals surface area contributed by atoms with Gasteiger partial charge in [-0.15, -0.1) is 11.3 Å². The smallest absolute Gasteiger partial charge is 0.158 e. The van der Waals surface area contributed by atoms with Crippen LogP contribution >= 0.6 is 11.3 Å². The second-order valence-electron chi connectivity index (χ2n) is 9.72. The molecule has 0 bridgehead atoms. The van der Waals surface area contributed by atoms with Crippen molar-refractivity contribution in [1.29, 1.82) is 0 Å². The van der Waals surface area contributed by atoms with Crippen LogP contribution in [0.4, 0.5) is 0 Å². The number of pyridine rings is 1. The van der Waals surface area contributed by atoms with Crippen molar-refractivity contribution in [3.8, 4) is 11.3 Å². The van der Waals surface area contributed by atoms with Crippen LogP contribution in [0, 0.1) is 13.8 Å². The number of rotatable bonds is 3. The van der Waals surface area contributed by atoms with Gasteiger partial charge in [0.2, 0.25) is 0 Å². The van der Waals surface area contributed by atoms with Crippen LogP contribution in [-0.4, -0.2) is 31.7 Å². The fourth-order valence-corrected chi connectivity index (χ4v) is 7.29. The second-order valence-corrected chi connectivity index (χ2v) is 10.8. The van der Waals surface area contributed by atoms with Crippen LogP contribution in [0.1, 0.15) is 72.9 Å². The minimum absolute atomic E-state index is 0.450. The average molecular weight is 420 g/mol. The van der Waals surface area contributed by atoms with Crippen molar-refractivity contribution in [1.82, 2.24) is 24.9 Å². The molecule has 156 valence electrons. The van der Waals surface area contributed by atoms with E-state index in [-0.39, 0.29) is 0 Å². The van der Waals surface area contributed by atoms with Gasteiger partial charge in [0, 0.05) is 27.6 Å². The lowest BCUT2D eigenvalue weighted by Gasteiger charge is -2.45. The topological polar surface area (TPSA) is 58.0 Å². The van der Waals surface area contributed by atoms with Gasteiger partial charge >= 0.3 is 0 Å². The normalized spacial score (nSPS) is 24.0. The summed E-state index contributed by atoms with van der Waals surface area (Å²) < 4.78 is 1.89. The Balaban J connectivity index is 1.45. The summed E-state index contributed by atoms with van der Waals surface area (Å²) >= 11 is 1.99. The summed E-state index contributed by atoms with van der Waals surface area (Å²) in [5, 5.41) is 9.61. The molecule has 0 aromatic carbocycles. The monoisotopic (exact) mass is 419 g/mol. The van der Waals surface area contributed by atoms with Gasteiger partial charge in [-0.05, 0) is 80.7 Å². The molecule has 0 radical (unpaired) electrons. The summed E-state index contributed by atoms with van der Waals surface area (Å²) in [5.74, 6) is 1.17. The predicted octanol–water partition coefficient (Wildman–Crippen LogP) is 5.68. The van der Waals surface area contributed by atoms with Crippen LogP contribution in [-0.2, 0) is 0 Å². The summed E-state index contributed by atoms with van der Waals surface area (Å²) in [6.45, 7) is 10.3. The first-order chi connectivity index (χ1) is 14.5. The standard InChI is InChI=1S/C24H29N5S/c1-13(2)18-19-15(4)21(17-9-24(10-17)6-5-7-26-24)30-23(19)28-20(18)16-8-14(3)22-25-12-27-29(22)11-16/h8,11-13,17,26,28H,5-7,9-10H2,1-4H3. The number of hydrogen-bond donors (Lipinski definition) is 2. The van der Waals surface area contributed by atoms with Gasteiger partial charge in [-0.3, -0.25) is 0 Å². The molecule has 5 heterocycles. The largest absolute Gasteiger partial charge is 0.346 e. The Morgan fingerprint density at radius 2 is 2.10 bits per heavy atom. The van der Waals surface area contributed by atoms with Crippen LogP contribution < -0.4 is 5.32 Å². The molecular weight excluding hydrogens is 390 g/mol. The van der Waals surface area contributed by atoms with Gasteiger partial charge in [-0.1, -0.05) is 13.8 Å². The number of hydrogen-bond acceptors (Lipinski definition) is 4. The van der Waals surface area contributed by atoms with E-state index in [9.17, 15) is 0 Å². The Hall–Kier alpha value is -2.18. The first-order valence-corrected chi connectivity index (χ1v) is 12.0. The highest BCUT2D eigenvalue weighted by Crippen LogP contribution is 2.53. The number of H-pyrrole nitrogens is 1. The van der Waals surface area contributed by atoms with E-state index in [4.69, 9.17) is 0 Å². The first-order valence-electron chi connectivity index (χ1n) is 11.2. The number of aryl methyl sites for hydroxylation is 2. The lowest BCUT2D eigenvalue weighted by molar-refractivity contribution is 0.180. The van der Waals surface area contributed by atoms with Crippen molar-refractivity contribution in [3.05, 3.63) is 40.2 Å². The Bertz CT molecular complexity index is 1260. The van der Waals surface area contributed by atoms with Crippen molar-refractivity contribution < 1.29 is 0 Å². The number of nitrogens with one attached hydrogen (secondary N) is 2. The third-order valence-corrected chi connectivity index (χ3v) is 8.73. The maximum atomic E-state index is 4.38. The lowest BCUT2D eigenvalue weighted by Crippen LogP contribution is -2.50. The van der Waals surface area contributed by atoms with Gasteiger partial charge in [-0.25, -0.2) is 9.50 Å². The minimum Gasteiger partial charge on any atom is -0.346 e. The molecule has 0 unspecified atom stereocenters. The molecule has 4 aromatic heterocycles. The number of nitrogens with zero attached hydrogens (tertiary/aromatic N) is 3. The number of thiophene rings is 1. The Kier molecular flexibility index (Phi) is 3.97. The van der Waals surface area contributed by atoms with Gasteiger partial charge in [0.05, 0.1) is 5.69 Å². The maximum Gasteiger partial charge on any atom is 0.158 e. The number of aromatic nitrogens is 4. The van der Waals surface area contributed by atoms with E-state index in [0.717, 1.165) is 17.1 Å². The number of aromatic amines is 1. The van der Waals surface area contributed by atoms with Crippen LogP contribution in [0.2, 0.25) is 0 Å². The van der Waals surface area contributed by atoms with Crippen molar-refractivity contribution in [2.45, 2.75) is 70.8 Å². The molecule has 2 N–H and O–H groups in total. The zero-order valence-corrected chi connectivity index (χ0v) is 19.0. The summed E-state index contributed by atoms with van der Waals surface area (Å²) in [6, 6.07) is 2.24. The van der Waals surface area contributed by atoms with Crippen molar-refractivity contribution in [2.24, 2.45) is 0 Å². The van der Waals surface area contributed by atoms with E-state index in [2.05, 4.69) is 60.3 Å². The predicted molar refractivity (Wildman–Crippen MR) is 124 cm³/mol. The van der Waals surface area contributed by atoms with Gasteiger partial charge in [0.25, 0.3) is 0 Å². The van der Waals surface area contributed by atoms with E-state index in [0.29, 0.717) is 11.5 Å². The Morgan fingerprint density at radius 1 is 1.27 bits per heavy atom. The molecular formula is C24H29N5S. The zero-order chi connectivity index (χ0) is 20.6. The fourth-order valence-electron chi connectivity index (χ4n) is 5.96. The third-order valence-electron chi connectivity index (χ3n) is 7.36. The number of fused-ring (bicyclic) bond motifs is 2. The highest BCUT2D eigenvalue weighted by atomic mass is 32.1. The molecule has 2 aliphatic rings. The quantitative estimate of drug-likeness (QED) is 0.449. The molecule has 0 amide bonds. The van der Waals surface area contributed by atoms with Crippen LogP contribution in [0.25, 0.3) is 27.1 Å². The van der Waals surface area contributed by atoms with E-state index in [1.807, 2.05) is 15.9 Å². The highest BCUT2D eigenvalue weighted by molar-refractivity contribution is 7.19. The summed E-state index contributed by atoms with van der Waals surface area (Å²) in [5.41, 5.74) is 7.90. The van der Waals surface area contributed by atoms with Crippen LogP contribution in [0.5, 0.6) is 0 Å². The Morgan fingerprint density at radius 3 is 2.83 bits per heavy atom. The molecule has 0 atom stereocenters. The molecule has 5 nitrogen and oxygen atoms in total. The molecule has 2 fully saturated rings. The SMILES string of the molecule is Cc1c(C2CC3(CCCN3)C2)sc2[nH]c(-c3cc(C)c4ncnn4c3)c(C(C)C)c12. The van der Waals surface area contributed by atoms with E-state index in [1.54, 1.807) is 11.2 Å². The third kappa shape index (κ3) is 2.56. The average Bonchev–Trinajstić information content (AvgIpc) is 3.44. The Labute approximate surface area is 180 Å². The van der Waals surface area contributed by atoms with Gasteiger partial charge in [0.15, 0.2) is 5.65 Å². The van der Waals surface area contributed by atoms with Gasteiger partial charge < -0.3 is 10.3 Å². The molecule has 1 saturated carbocycles. The van der Waals surface area contributed by atoms with E-state index < -0.39 is 0 Å². The van der Waals surface area contributed by atoms with Gasteiger partial charge in [0.1, 0.15) is 11.2 Å². The summed E-state index contributed by atoms with van der Waals surface area (Å²) in [7, 11) is 0. The molecule has 1 aliphatic carbocycles. The summed E-state index contributed by atoms with van der Waals surface area (Å²) in [6.07, 6.45) is 9.05. The van der Waals surface area contributed by atoms with Crippen LogP contribution in [0.3, 0.4) is 0 Å². The highest BCUT2D eigenvalue weighted by Gasteiger charge is 2.47. The van der Waals surface area contributed by atoms with Crippen molar-refractivity contribution in [3.63, 3.8) is 0 Å². The van der Waals surface area contributed by atoms with E-state index >= 15 is 0 Å². The molecule has 1 saturated heterocycles. The molecule has 6 rings (SSSR count). The van der Waals surface area contributed by atoms with E-state index in [1.165, 1.54) is 64.8 Å². The summed E-state index contributed by atoms with van der Waals surface area (Å²) in [4.78, 5) is 11.1. The van der Waals surface area contributed by atoms with Crippen molar-refractivity contribution >= 4 is 27.2 Å². The first kappa shape index (κ1) is 18.6. The lowest BCUT2D eigenvalue weighted by atomic mass is 9.66. The maximum absolute atomic E-state index is 4.38. The molecule has 6 heteroatoms.